The van der Waals surface area contributed by atoms with Crippen molar-refractivity contribution in [1.82, 2.24) is 34.7 Å². The summed E-state index contributed by atoms with van der Waals surface area (Å²) in [6, 6.07) is 1.44. The molecule has 1 atom stereocenters. The minimum atomic E-state index is -4.65. The number of hydrogen-bond donors (Lipinski definition) is 1. The highest BCUT2D eigenvalue weighted by Crippen LogP contribution is 2.27. The van der Waals surface area contributed by atoms with Crippen LogP contribution in [-0.4, -0.2) is 55.0 Å². The topological polar surface area (TPSA) is 109 Å². The molecule has 0 aliphatic heterocycles. The van der Waals surface area contributed by atoms with Gasteiger partial charge >= 0.3 is 6.18 Å². The Morgan fingerprint density at radius 1 is 1.33 bits per heavy atom. The van der Waals surface area contributed by atoms with Gasteiger partial charge in [-0.25, -0.2) is 4.68 Å². The van der Waals surface area contributed by atoms with Gasteiger partial charge in [0, 0.05) is 32.5 Å². The number of amides is 1. The largest absolute Gasteiger partial charge is 0.435 e. The molecule has 0 bridgehead atoms. The summed E-state index contributed by atoms with van der Waals surface area (Å²) in [5.41, 5.74) is -2.00. The molecule has 1 amide bonds. The number of hydrogen-bond acceptors (Lipinski definition) is 6. The average molecular weight is 425 g/mol. The zero-order chi connectivity index (χ0) is 22.1. The van der Waals surface area contributed by atoms with Crippen LogP contribution in [0.3, 0.4) is 0 Å². The number of nitrogens with zero attached hydrogens (tertiary/aromatic N) is 6. The molecule has 10 nitrogen and oxygen atoms in total. The Morgan fingerprint density at radius 2 is 2.07 bits per heavy atom. The highest BCUT2D eigenvalue weighted by molar-refractivity contribution is 5.94. The molecule has 3 rings (SSSR count). The van der Waals surface area contributed by atoms with E-state index in [1.165, 1.54) is 24.2 Å². The van der Waals surface area contributed by atoms with E-state index in [2.05, 4.69) is 20.6 Å². The zero-order valence-electron chi connectivity index (χ0n) is 16.2. The van der Waals surface area contributed by atoms with Gasteiger partial charge in [-0.05, 0) is 13.0 Å². The smallest absolute Gasteiger partial charge is 0.383 e. The summed E-state index contributed by atoms with van der Waals surface area (Å²) in [5.74, 6) is -0.882. The maximum Gasteiger partial charge on any atom is 0.435 e. The van der Waals surface area contributed by atoms with Gasteiger partial charge in [0.1, 0.15) is 11.3 Å². The molecule has 1 N–H and O–H groups in total. The number of methoxy groups -OCH3 is 1. The second-order valence-electron chi connectivity index (χ2n) is 6.48. The number of nitrogens with one attached hydrogen (secondary N) is 1. The quantitative estimate of drug-likeness (QED) is 0.630. The first-order valence-electron chi connectivity index (χ1n) is 8.66. The fourth-order valence-electron chi connectivity index (χ4n) is 2.64. The lowest BCUT2D eigenvalue weighted by atomic mass is 10.2. The number of aromatic nitrogens is 6. The summed E-state index contributed by atoms with van der Waals surface area (Å²) in [4.78, 5) is 25.5. The Morgan fingerprint density at radius 3 is 2.63 bits per heavy atom. The highest BCUT2D eigenvalue weighted by Gasteiger charge is 2.34. The Hall–Kier alpha value is -3.48. The van der Waals surface area contributed by atoms with Gasteiger partial charge in [0.05, 0.1) is 19.0 Å². The van der Waals surface area contributed by atoms with Gasteiger partial charge < -0.3 is 10.1 Å². The molecule has 0 aromatic carbocycles. The molecule has 0 aliphatic rings. The fourth-order valence-corrected chi connectivity index (χ4v) is 2.64. The molecule has 0 saturated carbocycles. The zero-order valence-corrected chi connectivity index (χ0v) is 16.2. The number of alkyl halides is 3. The number of halogens is 3. The van der Waals surface area contributed by atoms with Crippen molar-refractivity contribution in [3.8, 4) is 11.5 Å². The summed E-state index contributed by atoms with van der Waals surface area (Å²) in [7, 11) is 3.07. The van der Waals surface area contributed by atoms with Crippen LogP contribution in [-0.2, 0) is 18.0 Å². The second kappa shape index (κ2) is 8.10. The summed E-state index contributed by atoms with van der Waals surface area (Å²) in [6.45, 7) is 1.88. The van der Waals surface area contributed by atoms with Crippen molar-refractivity contribution in [2.45, 2.75) is 19.1 Å². The van der Waals surface area contributed by atoms with Crippen molar-refractivity contribution in [2.75, 3.05) is 13.7 Å². The minimum absolute atomic E-state index is 0.154. The number of aryl methyl sites for hydroxylation is 1. The molecule has 0 spiro atoms. The van der Waals surface area contributed by atoms with Gasteiger partial charge in [0.15, 0.2) is 11.5 Å². The molecule has 3 aromatic heterocycles. The van der Waals surface area contributed by atoms with Crippen LogP contribution in [0, 0.1) is 0 Å². The summed E-state index contributed by atoms with van der Waals surface area (Å²) in [5, 5.41) is 14.1. The molecule has 3 heterocycles. The lowest BCUT2D eigenvalue weighted by Crippen LogP contribution is -2.40. The lowest BCUT2D eigenvalue weighted by molar-refractivity contribution is -0.141. The fraction of sp³-hybridized carbons (Fsp3) is 0.353. The lowest BCUT2D eigenvalue weighted by Gasteiger charge is -2.14. The van der Waals surface area contributed by atoms with E-state index >= 15 is 0 Å². The van der Waals surface area contributed by atoms with Gasteiger partial charge in [-0.1, -0.05) is 0 Å². The van der Waals surface area contributed by atoms with Crippen LogP contribution >= 0.6 is 0 Å². The van der Waals surface area contributed by atoms with E-state index in [9.17, 15) is 22.8 Å². The van der Waals surface area contributed by atoms with E-state index in [0.717, 1.165) is 27.7 Å². The van der Waals surface area contributed by atoms with Crippen molar-refractivity contribution in [2.24, 2.45) is 7.05 Å². The Kier molecular flexibility index (Phi) is 5.73. The maximum absolute atomic E-state index is 12.9. The van der Waals surface area contributed by atoms with E-state index < -0.39 is 29.4 Å². The van der Waals surface area contributed by atoms with Crippen molar-refractivity contribution < 1.29 is 22.7 Å². The van der Waals surface area contributed by atoms with Gasteiger partial charge in [-0.3, -0.25) is 14.3 Å². The molecule has 160 valence electrons. The predicted octanol–water partition coefficient (Wildman–Crippen LogP) is 0.935. The third-order valence-electron chi connectivity index (χ3n) is 3.99. The highest BCUT2D eigenvalue weighted by atomic mass is 19.4. The molecular formula is C17H18F3N7O3. The van der Waals surface area contributed by atoms with E-state index in [4.69, 9.17) is 4.74 Å². The molecule has 13 heteroatoms. The molecule has 30 heavy (non-hydrogen) atoms. The molecule has 0 unspecified atom stereocenters. The number of rotatable bonds is 6. The Balaban J connectivity index is 2.12. The summed E-state index contributed by atoms with van der Waals surface area (Å²) >= 11 is 0. The first-order chi connectivity index (χ1) is 14.1. The Bertz CT molecular complexity index is 1120. The van der Waals surface area contributed by atoms with Gasteiger partial charge in [-0.2, -0.15) is 28.1 Å². The molecule has 3 aromatic rings. The number of carbonyl (C=O) groups is 1. The van der Waals surface area contributed by atoms with Crippen molar-refractivity contribution >= 4 is 5.91 Å². The SMILES string of the molecule is COC[C@H](C)NC(=O)c1cc(-n2ccc(C(F)(F)F)n2)nn(-c2cnn(C)c2)c1=O. The van der Waals surface area contributed by atoms with E-state index in [1.54, 1.807) is 14.0 Å². The first kappa shape index (κ1) is 21.2. The van der Waals surface area contributed by atoms with Crippen molar-refractivity contribution in [3.05, 3.63) is 52.3 Å². The van der Waals surface area contributed by atoms with Crippen LogP contribution < -0.4 is 10.9 Å². The standard InChI is InChI=1S/C17H18F3N7O3/c1-10(9-30-3)22-15(28)12-6-14(26-5-4-13(23-26)17(18,19)20)24-27(16(12)29)11-7-21-25(2)8-11/h4-8,10H,9H2,1-3H3,(H,22,28)/t10-/m0/s1. The summed E-state index contributed by atoms with van der Waals surface area (Å²) in [6.07, 6.45) is -0.813. The normalized spacial score (nSPS) is 12.7. The molecular weight excluding hydrogens is 407 g/mol. The third kappa shape index (κ3) is 4.40. The van der Waals surface area contributed by atoms with E-state index in [1.807, 2.05) is 0 Å². The average Bonchev–Trinajstić information content (AvgIpc) is 3.31. The molecule has 0 radical (unpaired) electrons. The molecule has 0 fully saturated rings. The van der Waals surface area contributed by atoms with Crippen molar-refractivity contribution in [1.29, 1.82) is 0 Å². The van der Waals surface area contributed by atoms with Crippen LogP contribution in [0.1, 0.15) is 23.0 Å². The van der Waals surface area contributed by atoms with Crippen LogP contribution in [0.4, 0.5) is 13.2 Å². The maximum atomic E-state index is 12.9. The molecule has 0 aliphatic carbocycles. The van der Waals surface area contributed by atoms with Crippen LogP contribution in [0.25, 0.3) is 11.5 Å². The Labute approximate surface area is 167 Å². The van der Waals surface area contributed by atoms with Crippen LogP contribution in [0.2, 0.25) is 0 Å². The number of carbonyl (C=O) groups excluding carboxylic acids is 1. The monoisotopic (exact) mass is 425 g/mol. The van der Waals surface area contributed by atoms with Crippen LogP contribution in [0.15, 0.2) is 35.5 Å². The second-order valence-corrected chi connectivity index (χ2v) is 6.48. The van der Waals surface area contributed by atoms with Crippen molar-refractivity contribution in [3.63, 3.8) is 0 Å². The van der Waals surface area contributed by atoms with E-state index in [0.29, 0.717) is 0 Å². The van der Waals surface area contributed by atoms with Gasteiger partial charge in [-0.15, -0.1) is 5.10 Å². The van der Waals surface area contributed by atoms with E-state index in [-0.39, 0.29) is 23.7 Å². The summed E-state index contributed by atoms with van der Waals surface area (Å²) < 4.78 is 46.8. The van der Waals surface area contributed by atoms with Crippen LogP contribution in [0.5, 0.6) is 0 Å². The van der Waals surface area contributed by atoms with Gasteiger partial charge in [0.2, 0.25) is 0 Å². The third-order valence-corrected chi connectivity index (χ3v) is 3.99. The predicted molar refractivity (Wildman–Crippen MR) is 97.5 cm³/mol. The molecule has 0 saturated heterocycles. The first-order valence-corrected chi connectivity index (χ1v) is 8.66. The number of ether oxygens (including phenoxy) is 1. The minimum Gasteiger partial charge on any atom is -0.383 e. The van der Waals surface area contributed by atoms with Gasteiger partial charge in [0.25, 0.3) is 11.5 Å².